The van der Waals surface area contributed by atoms with Crippen molar-refractivity contribution in [3.63, 3.8) is 0 Å². The van der Waals surface area contributed by atoms with Gasteiger partial charge in [0.15, 0.2) is 0 Å². The van der Waals surface area contributed by atoms with Gasteiger partial charge in [-0.2, -0.15) is 0 Å². The number of nitro groups is 1. The highest BCUT2D eigenvalue weighted by molar-refractivity contribution is 5.92. The number of nitro benzene ring substituents is 1. The molecule has 1 fully saturated rings. The molecule has 0 spiro atoms. The van der Waals surface area contributed by atoms with Crippen LogP contribution in [0.15, 0.2) is 48.5 Å². The van der Waals surface area contributed by atoms with Gasteiger partial charge >= 0.3 is 0 Å². The van der Waals surface area contributed by atoms with Crippen LogP contribution < -0.4 is 5.73 Å². The van der Waals surface area contributed by atoms with Gasteiger partial charge in [-0.25, -0.2) is 0 Å². The summed E-state index contributed by atoms with van der Waals surface area (Å²) >= 11 is 0. The van der Waals surface area contributed by atoms with Gasteiger partial charge in [0.2, 0.25) is 5.91 Å². The zero-order chi connectivity index (χ0) is 17.1. The van der Waals surface area contributed by atoms with Crippen LogP contribution in [0, 0.1) is 10.1 Å². The van der Waals surface area contributed by atoms with Crippen LogP contribution in [-0.2, 0) is 13.1 Å². The second-order valence-corrected chi connectivity index (χ2v) is 6.08. The number of rotatable bonds is 7. The van der Waals surface area contributed by atoms with Crippen molar-refractivity contribution in [2.45, 2.75) is 32.0 Å². The monoisotopic (exact) mass is 325 g/mol. The Morgan fingerprint density at radius 2 is 1.79 bits per heavy atom. The Morgan fingerprint density at radius 3 is 2.38 bits per heavy atom. The Balaban J connectivity index is 1.76. The molecule has 24 heavy (non-hydrogen) atoms. The molecule has 0 atom stereocenters. The Bertz CT molecular complexity index is 754. The molecule has 0 aliphatic heterocycles. The lowest BCUT2D eigenvalue weighted by Crippen LogP contribution is -2.25. The van der Waals surface area contributed by atoms with E-state index in [1.54, 1.807) is 24.3 Å². The van der Waals surface area contributed by atoms with Crippen LogP contribution >= 0.6 is 0 Å². The molecule has 6 nitrogen and oxygen atoms in total. The number of amides is 1. The van der Waals surface area contributed by atoms with Crippen molar-refractivity contribution in [2.24, 2.45) is 5.73 Å². The van der Waals surface area contributed by atoms with Crippen molar-refractivity contribution in [2.75, 3.05) is 0 Å². The van der Waals surface area contributed by atoms with Crippen LogP contribution in [0.3, 0.4) is 0 Å². The van der Waals surface area contributed by atoms with Crippen molar-refractivity contribution in [1.82, 2.24) is 4.90 Å². The third-order valence-electron chi connectivity index (χ3n) is 4.25. The van der Waals surface area contributed by atoms with E-state index in [0.29, 0.717) is 24.7 Å². The fourth-order valence-electron chi connectivity index (χ4n) is 2.80. The minimum absolute atomic E-state index is 0.159. The second kappa shape index (κ2) is 6.80. The Labute approximate surface area is 140 Å². The number of nitrogens with zero attached hydrogens (tertiary/aromatic N) is 2. The van der Waals surface area contributed by atoms with Crippen molar-refractivity contribution < 1.29 is 9.72 Å². The fourth-order valence-corrected chi connectivity index (χ4v) is 2.80. The summed E-state index contributed by atoms with van der Waals surface area (Å²) in [5.74, 6) is -0.444. The van der Waals surface area contributed by atoms with E-state index in [0.717, 1.165) is 24.0 Å². The lowest BCUT2D eigenvalue weighted by Gasteiger charge is -2.22. The van der Waals surface area contributed by atoms with Gasteiger partial charge in [0, 0.05) is 36.3 Å². The van der Waals surface area contributed by atoms with Crippen molar-refractivity contribution in [1.29, 1.82) is 0 Å². The molecule has 3 rings (SSSR count). The van der Waals surface area contributed by atoms with E-state index in [4.69, 9.17) is 5.73 Å². The van der Waals surface area contributed by atoms with Crippen molar-refractivity contribution in [3.8, 4) is 0 Å². The van der Waals surface area contributed by atoms with Crippen molar-refractivity contribution >= 4 is 11.6 Å². The molecule has 0 unspecified atom stereocenters. The number of nitrogens with two attached hydrogens (primary N) is 1. The third kappa shape index (κ3) is 3.78. The molecular weight excluding hydrogens is 306 g/mol. The fraction of sp³-hybridized carbons (Fsp3) is 0.278. The molecule has 2 N–H and O–H groups in total. The van der Waals surface area contributed by atoms with E-state index in [1.807, 2.05) is 24.3 Å². The van der Waals surface area contributed by atoms with Gasteiger partial charge in [-0.15, -0.1) is 0 Å². The third-order valence-corrected chi connectivity index (χ3v) is 4.25. The summed E-state index contributed by atoms with van der Waals surface area (Å²) in [5, 5.41) is 11.2. The van der Waals surface area contributed by atoms with E-state index in [2.05, 4.69) is 4.90 Å². The quantitative estimate of drug-likeness (QED) is 0.626. The zero-order valence-corrected chi connectivity index (χ0v) is 13.2. The van der Waals surface area contributed by atoms with Crippen LogP contribution in [0.25, 0.3) is 0 Å². The summed E-state index contributed by atoms with van der Waals surface area (Å²) in [6, 6.07) is 14.5. The highest BCUT2D eigenvalue weighted by Gasteiger charge is 2.30. The minimum Gasteiger partial charge on any atom is -0.366 e. The Morgan fingerprint density at radius 1 is 1.12 bits per heavy atom. The summed E-state index contributed by atoms with van der Waals surface area (Å²) in [5.41, 5.74) is 7.68. The van der Waals surface area contributed by atoms with Gasteiger partial charge in [-0.3, -0.25) is 19.8 Å². The van der Waals surface area contributed by atoms with Crippen LogP contribution in [0.2, 0.25) is 0 Å². The highest BCUT2D eigenvalue weighted by Crippen LogP contribution is 2.31. The van der Waals surface area contributed by atoms with E-state index < -0.39 is 5.91 Å². The van der Waals surface area contributed by atoms with Gasteiger partial charge in [0.25, 0.3) is 5.69 Å². The molecule has 1 aliphatic carbocycles. The summed E-state index contributed by atoms with van der Waals surface area (Å²) in [6.07, 6.45) is 2.22. The number of carbonyl (C=O) groups excluding carboxylic acids is 1. The number of para-hydroxylation sites is 1. The first-order valence-corrected chi connectivity index (χ1v) is 7.89. The van der Waals surface area contributed by atoms with E-state index >= 15 is 0 Å². The summed E-state index contributed by atoms with van der Waals surface area (Å²) in [4.78, 5) is 24.3. The van der Waals surface area contributed by atoms with Gasteiger partial charge in [0.1, 0.15) is 0 Å². The number of carbonyl (C=O) groups is 1. The summed E-state index contributed by atoms with van der Waals surface area (Å²) < 4.78 is 0. The minimum atomic E-state index is -0.444. The summed E-state index contributed by atoms with van der Waals surface area (Å²) in [7, 11) is 0. The molecule has 2 aromatic rings. The molecule has 124 valence electrons. The molecule has 0 aromatic heterocycles. The smallest absolute Gasteiger partial charge is 0.273 e. The van der Waals surface area contributed by atoms with Crippen LogP contribution in [0.1, 0.15) is 34.3 Å². The van der Waals surface area contributed by atoms with E-state index in [9.17, 15) is 14.9 Å². The molecule has 0 heterocycles. The predicted octanol–water partition coefficient (Wildman–Crippen LogP) is 2.86. The maximum absolute atomic E-state index is 11.2. The molecule has 6 heteroatoms. The number of benzene rings is 2. The molecule has 0 radical (unpaired) electrons. The predicted molar refractivity (Wildman–Crippen MR) is 90.3 cm³/mol. The lowest BCUT2D eigenvalue weighted by molar-refractivity contribution is -0.385. The molecule has 0 saturated heterocycles. The Kier molecular flexibility index (Phi) is 4.57. The molecular formula is C18H19N3O3. The SMILES string of the molecule is NC(=O)c1ccc(CN(Cc2ccccc2[N+](=O)[O-])C2CC2)cc1. The summed E-state index contributed by atoms with van der Waals surface area (Å²) in [6.45, 7) is 1.23. The Hall–Kier alpha value is -2.73. The maximum atomic E-state index is 11.2. The largest absolute Gasteiger partial charge is 0.366 e. The first-order chi connectivity index (χ1) is 11.5. The van der Waals surface area contributed by atoms with Crippen LogP contribution in [-0.4, -0.2) is 21.8 Å². The normalized spacial score (nSPS) is 13.9. The maximum Gasteiger partial charge on any atom is 0.273 e. The number of hydrogen-bond acceptors (Lipinski definition) is 4. The van der Waals surface area contributed by atoms with Gasteiger partial charge < -0.3 is 5.73 Å². The van der Waals surface area contributed by atoms with E-state index in [1.165, 1.54) is 0 Å². The first-order valence-electron chi connectivity index (χ1n) is 7.89. The first kappa shape index (κ1) is 16.1. The second-order valence-electron chi connectivity index (χ2n) is 6.08. The van der Waals surface area contributed by atoms with Gasteiger partial charge in [0.05, 0.1) is 4.92 Å². The van der Waals surface area contributed by atoms with Crippen LogP contribution in [0.5, 0.6) is 0 Å². The molecule has 0 bridgehead atoms. The highest BCUT2D eigenvalue weighted by atomic mass is 16.6. The van der Waals surface area contributed by atoms with Crippen LogP contribution in [0.4, 0.5) is 5.69 Å². The standard InChI is InChI=1S/C18H19N3O3/c19-18(22)14-7-5-13(6-8-14)11-20(16-9-10-16)12-15-3-1-2-4-17(15)21(23)24/h1-8,16H,9-12H2,(H2,19,22). The van der Waals surface area contributed by atoms with E-state index in [-0.39, 0.29) is 10.6 Å². The van der Waals surface area contributed by atoms with Gasteiger partial charge in [-0.1, -0.05) is 30.3 Å². The average Bonchev–Trinajstić information content (AvgIpc) is 3.40. The molecule has 1 saturated carbocycles. The number of hydrogen-bond donors (Lipinski definition) is 1. The molecule has 1 amide bonds. The average molecular weight is 325 g/mol. The number of primary amides is 1. The topological polar surface area (TPSA) is 89.5 Å². The molecule has 2 aromatic carbocycles. The molecule has 1 aliphatic rings. The van der Waals surface area contributed by atoms with Gasteiger partial charge in [-0.05, 0) is 30.5 Å². The zero-order valence-electron chi connectivity index (χ0n) is 13.2. The van der Waals surface area contributed by atoms with Crippen molar-refractivity contribution in [3.05, 3.63) is 75.3 Å². The lowest BCUT2D eigenvalue weighted by atomic mass is 10.1.